The van der Waals surface area contributed by atoms with Crippen LogP contribution in [0.1, 0.15) is 24.5 Å². The minimum Gasteiger partial charge on any atom is -0.317 e. The lowest BCUT2D eigenvalue weighted by Gasteiger charge is -2.20. The fourth-order valence-corrected chi connectivity index (χ4v) is 2.10. The van der Waals surface area contributed by atoms with E-state index in [1.165, 1.54) is 18.5 Å². The van der Waals surface area contributed by atoms with Crippen molar-refractivity contribution >= 4 is 15.9 Å². The Morgan fingerprint density at radius 3 is 2.77 bits per heavy atom. The van der Waals surface area contributed by atoms with Gasteiger partial charge in [-0.1, -0.05) is 0 Å². The van der Waals surface area contributed by atoms with Gasteiger partial charge in [0.1, 0.15) is 4.60 Å². The van der Waals surface area contributed by atoms with Crippen LogP contribution in [0.25, 0.3) is 0 Å². The van der Waals surface area contributed by atoms with Gasteiger partial charge in [-0.15, -0.1) is 0 Å². The quantitative estimate of drug-likeness (QED) is 0.814. The molecular formula is C9H14BrN3. The minimum absolute atomic E-state index is 0.652. The molecule has 1 N–H and O–H groups in total. The van der Waals surface area contributed by atoms with Gasteiger partial charge in [0.05, 0.1) is 5.69 Å². The molecule has 1 aromatic rings. The molecule has 13 heavy (non-hydrogen) atoms. The van der Waals surface area contributed by atoms with Crippen molar-refractivity contribution in [2.75, 3.05) is 13.1 Å². The first kappa shape index (κ1) is 9.21. The van der Waals surface area contributed by atoms with Crippen LogP contribution in [0.2, 0.25) is 0 Å². The Kier molecular flexibility index (Phi) is 2.69. The zero-order valence-electron chi connectivity index (χ0n) is 7.76. The molecule has 4 heteroatoms. The second-order valence-corrected chi connectivity index (χ2v) is 4.35. The third-order valence-corrected chi connectivity index (χ3v) is 3.34. The van der Waals surface area contributed by atoms with Crippen molar-refractivity contribution in [3.05, 3.63) is 16.4 Å². The average molecular weight is 244 g/mol. The molecule has 2 heterocycles. The molecular weight excluding hydrogens is 230 g/mol. The summed E-state index contributed by atoms with van der Waals surface area (Å²) in [6.07, 6.45) is 2.42. The number of hydrogen-bond donors (Lipinski definition) is 1. The highest BCUT2D eigenvalue weighted by Gasteiger charge is 2.18. The van der Waals surface area contributed by atoms with Gasteiger partial charge in [-0.25, -0.2) is 0 Å². The van der Waals surface area contributed by atoms with Crippen LogP contribution in [0, 0.1) is 0 Å². The Morgan fingerprint density at radius 1 is 1.54 bits per heavy atom. The summed E-state index contributed by atoms with van der Waals surface area (Å²) in [5.41, 5.74) is 1.23. The van der Waals surface area contributed by atoms with Gasteiger partial charge in [-0.05, 0) is 47.9 Å². The van der Waals surface area contributed by atoms with Crippen molar-refractivity contribution in [1.29, 1.82) is 0 Å². The molecule has 72 valence electrons. The SMILES string of the molecule is Cn1nc(C2CCNCC2)cc1Br. The number of hydrogen-bond acceptors (Lipinski definition) is 2. The van der Waals surface area contributed by atoms with Crippen LogP contribution in [-0.2, 0) is 7.05 Å². The molecule has 0 aliphatic carbocycles. The van der Waals surface area contributed by atoms with E-state index in [0.717, 1.165) is 17.7 Å². The smallest absolute Gasteiger partial charge is 0.104 e. The summed E-state index contributed by atoms with van der Waals surface area (Å²) < 4.78 is 2.96. The lowest BCUT2D eigenvalue weighted by Crippen LogP contribution is -2.26. The van der Waals surface area contributed by atoms with Gasteiger partial charge in [-0.3, -0.25) is 4.68 Å². The fourth-order valence-electron chi connectivity index (χ4n) is 1.78. The topological polar surface area (TPSA) is 29.9 Å². The maximum atomic E-state index is 4.48. The van der Waals surface area contributed by atoms with Crippen LogP contribution < -0.4 is 5.32 Å². The summed E-state index contributed by atoms with van der Waals surface area (Å²) in [6, 6.07) is 2.13. The van der Waals surface area contributed by atoms with Crippen LogP contribution in [0.3, 0.4) is 0 Å². The van der Waals surface area contributed by atoms with E-state index < -0.39 is 0 Å². The molecule has 1 aromatic heterocycles. The molecule has 0 atom stereocenters. The molecule has 0 unspecified atom stereocenters. The van der Waals surface area contributed by atoms with Gasteiger partial charge >= 0.3 is 0 Å². The summed E-state index contributed by atoms with van der Waals surface area (Å²) in [5, 5.41) is 7.84. The summed E-state index contributed by atoms with van der Waals surface area (Å²) in [7, 11) is 1.97. The highest BCUT2D eigenvalue weighted by molar-refractivity contribution is 9.10. The van der Waals surface area contributed by atoms with E-state index in [0.29, 0.717) is 5.92 Å². The highest BCUT2D eigenvalue weighted by Crippen LogP contribution is 2.25. The van der Waals surface area contributed by atoms with Crippen LogP contribution in [0.5, 0.6) is 0 Å². The molecule has 1 fully saturated rings. The number of aromatic nitrogens is 2. The molecule has 1 aliphatic rings. The first-order chi connectivity index (χ1) is 6.27. The maximum absolute atomic E-state index is 4.48. The summed E-state index contributed by atoms with van der Waals surface area (Å²) >= 11 is 3.47. The Labute approximate surface area is 86.6 Å². The fraction of sp³-hybridized carbons (Fsp3) is 0.667. The molecule has 1 saturated heterocycles. The van der Waals surface area contributed by atoms with Gasteiger partial charge in [0.15, 0.2) is 0 Å². The van der Waals surface area contributed by atoms with Crippen molar-refractivity contribution in [2.45, 2.75) is 18.8 Å². The van der Waals surface area contributed by atoms with Gasteiger partial charge in [0.25, 0.3) is 0 Å². The van der Waals surface area contributed by atoms with E-state index in [2.05, 4.69) is 32.4 Å². The molecule has 0 saturated carbocycles. The first-order valence-electron chi connectivity index (χ1n) is 4.67. The predicted molar refractivity (Wildman–Crippen MR) is 55.8 cm³/mol. The second kappa shape index (κ2) is 3.80. The number of rotatable bonds is 1. The molecule has 0 amide bonds. The lowest BCUT2D eigenvalue weighted by molar-refractivity contribution is 0.450. The Balaban J connectivity index is 2.14. The summed E-state index contributed by atoms with van der Waals surface area (Å²) in [5.74, 6) is 0.652. The molecule has 0 radical (unpaired) electrons. The van der Waals surface area contributed by atoms with Gasteiger partial charge in [-0.2, -0.15) is 5.10 Å². The second-order valence-electron chi connectivity index (χ2n) is 3.54. The Morgan fingerprint density at radius 2 is 2.23 bits per heavy atom. The monoisotopic (exact) mass is 243 g/mol. The minimum atomic E-state index is 0.652. The highest BCUT2D eigenvalue weighted by atomic mass is 79.9. The van der Waals surface area contributed by atoms with Crippen LogP contribution in [0.4, 0.5) is 0 Å². The Hall–Kier alpha value is -0.350. The van der Waals surface area contributed by atoms with E-state index in [9.17, 15) is 0 Å². The zero-order chi connectivity index (χ0) is 9.26. The van der Waals surface area contributed by atoms with Crippen molar-refractivity contribution in [3.8, 4) is 0 Å². The van der Waals surface area contributed by atoms with Crippen molar-refractivity contribution < 1.29 is 0 Å². The summed E-state index contributed by atoms with van der Waals surface area (Å²) in [6.45, 7) is 2.25. The maximum Gasteiger partial charge on any atom is 0.104 e. The molecule has 0 aromatic carbocycles. The number of halogens is 1. The zero-order valence-corrected chi connectivity index (χ0v) is 9.34. The summed E-state index contributed by atoms with van der Waals surface area (Å²) in [4.78, 5) is 0. The van der Waals surface area contributed by atoms with E-state index in [1.54, 1.807) is 0 Å². The largest absolute Gasteiger partial charge is 0.317 e. The van der Waals surface area contributed by atoms with Gasteiger partial charge in [0, 0.05) is 13.0 Å². The molecule has 0 spiro atoms. The molecule has 2 rings (SSSR count). The standard InChI is InChI=1S/C9H14BrN3/c1-13-9(10)6-8(12-13)7-2-4-11-5-3-7/h6-7,11H,2-5H2,1H3. The van der Waals surface area contributed by atoms with Crippen LogP contribution >= 0.6 is 15.9 Å². The lowest BCUT2D eigenvalue weighted by atomic mass is 9.95. The van der Waals surface area contributed by atoms with Gasteiger partial charge in [0.2, 0.25) is 0 Å². The first-order valence-corrected chi connectivity index (χ1v) is 5.47. The number of nitrogens with one attached hydrogen (secondary N) is 1. The average Bonchev–Trinajstić information content (AvgIpc) is 2.49. The van der Waals surface area contributed by atoms with Crippen molar-refractivity contribution in [2.24, 2.45) is 7.05 Å². The van der Waals surface area contributed by atoms with Gasteiger partial charge < -0.3 is 5.32 Å². The number of piperidine rings is 1. The van der Waals surface area contributed by atoms with E-state index in [-0.39, 0.29) is 0 Å². The van der Waals surface area contributed by atoms with Crippen LogP contribution in [0.15, 0.2) is 10.7 Å². The predicted octanol–water partition coefficient (Wildman–Crippen LogP) is 1.65. The molecule has 1 aliphatic heterocycles. The van der Waals surface area contributed by atoms with E-state index >= 15 is 0 Å². The number of aryl methyl sites for hydroxylation is 1. The third kappa shape index (κ3) is 1.94. The van der Waals surface area contributed by atoms with Crippen LogP contribution in [-0.4, -0.2) is 22.9 Å². The van der Waals surface area contributed by atoms with E-state index in [1.807, 2.05) is 11.7 Å². The molecule has 3 nitrogen and oxygen atoms in total. The van der Waals surface area contributed by atoms with Crippen molar-refractivity contribution in [1.82, 2.24) is 15.1 Å². The Bertz CT molecular complexity index is 270. The third-order valence-electron chi connectivity index (χ3n) is 2.60. The van der Waals surface area contributed by atoms with Crippen molar-refractivity contribution in [3.63, 3.8) is 0 Å². The van der Waals surface area contributed by atoms with E-state index in [4.69, 9.17) is 0 Å². The number of nitrogens with zero attached hydrogens (tertiary/aromatic N) is 2. The molecule has 0 bridgehead atoms. The normalized spacial score (nSPS) is 19.2.